The van der Waals surface area contributed by atoms with Gasteiger partial charge in [0.25, 0.3) is 0 Å². The first-order valence-corrected chi connectivity index (χ1v) is 7.30. The molecule has 0 aromatic heterocycles. The summed E-state index contributed by atoms with van der Waals surface area (Å²) in [6.45, 7) is 4.28. The number of hydrogen-bond acceptors (Lipinski definition) is 3. The van der Waals surface area contributed by atoms with E-state index >= 15 is 0 Å². The fraction of sp³-hybridized carbons (Fsp3) is 0.417. The fourth-order valence-corrected chi connectivity index (χ4v) is 3.07. The van der Waals surface area contributed by atoms with Crippen LogP contribution < -0.4 is 10.0 Å². The number of amides is 1. The molecule has 0 saturated carbocycles. The first-order valence-electron chi connectivity index (χ1n) is 5.75. The molecule has 5 nitrogen and oxygen atoms in total. The van der Waals surface area contributed by atoms with Crippen LogP contribution in [-0.2, 0) is 14.8 Å². The molecule has 1 aliphatic rings. The van der Waals surface area contributed by atoms with Crippen LogP contribution in [0.25, 0.3) is 0 Å². The van der Waals surface area contributed by atoms with E-state index in [9.17, 15) is 13.2 Å². The zero-order chi connectivity index (χ0) is 13.5. The summed E-state index contributed by atoms with van der Waals surface area (Å²) >= 11 is 0. The quantitative estimate of drug-likeness (QED) is 0.871. The summed E-state index contributed by atoms with van der Waals surface area (Å²) in [5, 5.41) is 5.12. The third-order valence-corrected chi connectivity index (χ3v) is 4.03. The van der Waals surface area contributed by atoms with Gasteiger partial charge in [0.05, 0.1) is 4.90 Å². The van der Waals surface area contributed by atoms with E-state index in [1.807, 2.05) is 0 Å². The molecule has 0 unspecified atom stereocenters. The van der Waals surface area contributed by atoms with Crippen molar-refractivity contribution in [1.82, 2.24) is 0 Å². The average molecular weight is 268 g/mol. The molecule has 1 heterocycles. The van der Waals surface area contributed by atoms with Gasteiger partial charge in [0.2, 0.25) is 15.9 Å². The lowest BCUT2D eigenvalue weighted by Crippen LogP contribution is -2.26. The Balaban J connectivity index is 2.54. The topological polar surface area (TPSA) is 80.5 Å². The minimum Gasteiger partial charge on any atom is -0.312 e. The normalized spacial score (nSPS) is 16.4. The fourth-order valence-electron chi connectivity index (χ4n) is 2.39. The number of carbonyl (C=O) groups is 1. The third-order valence-electron chi connectivity index (χ3n) is 3.14. The van der Waals surface area contributed by atoms with Crippen LogP contribution in [0.3, 0.4) is 0 Å². The van der Waals surface area contributed by atoms with Crippen LogP contribution in [0.5, 0.6) is 0 Å². The number of sulfonamides is 1. The number of carbonyl (C=O) groups excluding carboxylic acids is 1. The van der Waals surface area contributed by atoms with Crippen molar-refractivity contribution in [2.24, 2.45) is 5.14 Å². The van der Waals surface area contributed by atoms with Crippen molar-refractivity contribution in [2.45, 2.75) is 31.6 Å². The summed E-state index contributed by atoms with van der Waals surface area (Å²) in [7, 11) is -3.71. The molecule has 1 aromatic rings. The highest BCUT2D eigenvalue weighted by Crippen LogP contribution is 2.30. The van der Waals surface area contributed by atoms with Gasteiger partial charge < -0.3 is 4.90 Å². The van der Waals surface area contributed by atoms with E-state index < -0.39 is 10.0 Å². The minimum atomic E-state index is -3.71. The molecule has 0 bridgehead atoms. The number of benzene rings is 1. The van der Waals surface area contributed by atoms with Gasteiger partial charge >= 0.3 is 0 Å². The van der Waals surface area contributed by atoms with Gasteiger partial charge in [-0.3, -0.25) is 4.79 Å². The van der Waals surface area contributed by atoms with Gasteiger partial charge in [-0.15, -0.1) is 0 Å². The number of hydrogen-bond donors (Lipinski definition) is 1. The first kappa shape index (κ1) is 13.0. The van der Waals surface area contributed by atoms with E-state index in [4.69, 9.17) is 5.14 Å². The Labute approximate surface area is 107 Å². The van der Waals surface area contributed by atoms with E-state index in [0.29, 0.717) is 13.0 Å². The molecule has 0 spiro atoms. The molecule has 18 heavy (non-hydrogen) atoms. The van der Waals surface area contributed by atoms with Gasteiger partial charge in [-0.05, 0) is 43.5 Å². The molecule has 1 fully saturated rings. The van der Waals surface area contributed by atoms with Gasteiger partial charge in [-0.25, -0.2) is 13.6 Å². The van der Waals surface area contributed by atoms with Crippen molar-refractivity contribution in [2.75, 3.05) is 11.4 Å². The van der Waals surface area contributed by atoms with E-state index in [1.165, 1.54) is 12.1 Å². The van der Waals surface area contributed by atoms with E-state index in [-0.39, 0.29) is 10.8 Å². The summed E-state index contributed by atoms with van der Waals surface area (Å²) in [5.41, 5.74) is 2.33. The standard InChI is InChI=1S/C12H16N2O3S/c1-8-6-10(18(13,16)17)7-9(2)12(8)14-5-3-4-11(14)15/h6-7H,3-5H2,1-2H3,(H2,13,16,17). The molecule has 6 heteroatoms. The van der Waals surface area contributed by atoms with Crippen LogP contribution in [0.4, 0.5) is 5.69 Å². The maximum Gasteiger partial charge on any atom is 0.238 e. The Morgan fingerprint density at radius 3 is 2.17 bits per heavy atom. The van der Waals surface area contributed by atoms with Crippen LogP contribution in [0.15, 0.2) is 17.0 Å². The second-order valence-corrected chi connectivity index (χ2v) is 6.16. The highest BCUT2D eigenvalue weighted by molar-refractivity contribution is 7.89. The zero-order valence-electron chi connectivity index (χ0n) is 10.4. The molecule has 1 aliphatic heterocycles. The number of nitrogens with zero attached hydrogens (tertiary/aromatic N) is 1. The summed E-state index contributed by atoms with van der Waals surface area (Å²) in [4.78, 5) is 13.6. The van der Waals surface area contributed by atoms with Crippen LogP contribution in [0.2, 0.25) is 0 Å². The molecule has 98 valence electrons. The van der Waals surface area contributed by atoms with Gasteiger partial charge in [0.15, 0.2) is 0 Å². The molecular weight excluding hydrogens is 252 g/mol. The largest absolute Gasteiger partial charge is 0.312 e. The molecule has 2 rings (SSSR count). The Hall–Kier alpha value is -1.40. The average Bonchev–Trinajstić information content (AvgIpc) is 2.62. The summed E-state index contributed by atoms with van der Waals surface area (Å²) in [6.07, 6.45) is 1.39. The Kier molecular flexibility index (Phi) is 3.16. The van der Waals surface area contributed by atoms with Gasteiger partial charge in [-0.1, -0.05) is 0 Å². The van der Waals surface area contributed by atoms with E-state index in [1.54, 1.807) is 18.7 Å². The van der Waals surface area contributed by atoms with Crippen molar-refractivity contribution < 1.29 is 13.2 Å². The molecule has 0 aliphatic carbocycles. The van der Waals surface area contributed by atoms with Crippen molar-refractivity contribution in [3.05, 3.63) is 23.3 Å². The third kappa shape index (κ3) is 2.26. The van der Waals surface area contributed by atoms with Crippen molar-refractivity contribution >= 4 is 21.6 Å². The van der Waals surface area contributed by atoms with Crippen molar-refractivity contribution in [1.29, 1.82) is 0 Å². The number of rotatable bonds is 2. The highest BCUT2D eigenvalue weighted by Gasteiger charge is 2.25. The molecule has 2 N–H and O–H groups in total. The van der Waals surface area contributed by atoms with Crippen LogP contribution in [0.1, 0.15) is 24.0 Å². The zero-order valence-corrected chi connectivity index (χ0v) is 11.3. The first-order chi connectivity index (χ1) is 8.30. The van der Waals surface area contributed by atoms with Crippen LogP contribution >= 0.6 is 0 Å². The monoisotopic (exact) mass is 268 g/mol. The SMILES string of the molecule is Cc1cc(S(N)(=O)=O)cc(C)c1N1CCCC1=O. The Bertz CT molecular complexity index is 585. The smallest absolute Gasteiger partial charge is 0.238 e. The maximum absolute atomic E-state index is 11.7. The van der Waals surface area contributed by atoms with Crippen molar-refractivity contribution in [3.8, 4) is 0 Å². The molecular formula is C12H16N2O3S. The Morgan fingerprint density at radius 2 is 1.78 bits per heavy atom. The van der Waals surface area contributed by atoms with Crippen LogP contribution in [-0.4, -0.2) is 20.9 Å². The molecule has 1 amide bonds. The summed E-state index contributed by atoms with van der Waals surface area (Å²) in [5.74, 6) is 0.0876. The predicted octanol–water partition coefficient (Wildman–Crippen LogP) is 1.08. The number of aryl methyl sites for hydroxylation is 2. The second kappa shape index (κ2) is 4.37. The van der Waals surface area contributed by atoms with Crippen molar-refractivity contribution in [3.63, 3.8) is 0 Å². The molecule has 0 radical (unpaired) electrons. The molecule has 1 saturated heterocycles. The lowest BCUT2D eigenvalue weighted by Gasteiger charge is -2.21. The lowest BCUT2D eigenvalue weighted by molar-refractivity contribution is -0.117. The second-order valence-electron chi connectivity index (χ2n) is 4.60. The van der Waals surface area contributed by atoms with E-state index in [0.717, 1.165) is 23.2 Å². The number of primary sulfonamides is 1. The van der Waals surface area contributed by atoms with Gasteiger partial charge in [-0.2, -0.15) is 0 Å². The molecule has 0 atom stereocenters. The van der Waals surface area contributed by atoms with Gasteiger partial charge in [0, 0.05) is 18.7 Å². The highest BCUT2D eigenvalue weighted by atomic mass is 32.2. The predicted molar refractivity (Wildman–Crippen MR) is 68.9 cm³/mol. The molecule has 1 aromatic carbocycles. The van der Waals surface area contributed by atoms with Crippen LogP contribution in [0, 0.1) is 13.8 Å². The Morgan fingerprint density at radius 1 is 1.22 bits per heavy atom. The lowest BCUT2D eigenvalue weighted by atomic mass is 10.1. The van der Waals surface area contributed by atoms with E-state index in [2.05, 4.69) is 0 Å². The summed E-state index contributed by atoms with van der Waals surface area (Å²) in [6, 6.07) is 3.03. The maximum atomic E-state index is 11.7. The summed E-state index contributed by atoms with van der Waals surface area (Å²) < 4.78 is 22.7. The van der Waals surface area contributed by atoms with Gasteiger partial charge in [0.1, 0.15) is 0 Å². The minimum absolute atomic E-state index is 0.0876. The number of anilines is 1. The number of nitrogens with two attached hydrogens (primary N) is 1.